The van der Waals surface area contributed by atoms with Crippen LogP contribution in [-0.2, 0) is 4.74 Å². The highest BCUT2D eigenvalue weighted by atomic mass is 16.5. The van der Waals surface area contributed by atoms with Gasteiger partial charge in [0.15, 0.2) is 0 Å². The lowest BCUT2D eigenvalue weighted by atomic mass is 10.1. The number of nitrogens with one attached hydrogen (secondary N) is 1. The third-order valence-corrected chi connectivity index (χ3v) is 5.06. The van der Waals surface area contributed by atoms with Crippen LogP contribution >= 0.6 is 0 Å². The monoisotopic (exact) mass is 425 g/mol. The second-order valence-electron chi connectivity index (χ2n) is 8.07. The minimum atomic E-state index is -0.247. The zero-order valence-corrected chi connectivity index (χ0v) is 18.4. The highest BCUT2D eigenvalue weighted by molar-refractivity contribution is 5.94. The van der Waals surface area contributed by atoms with Crippen LogP contribution in [0.5, 0.6) is 5.75 Å². The van der Waals surface area contributed by atoms with Crippen molar-refractivity contribution in [2.45, 2.75) is 20.0 Å². The van der Waals surface area contributed by atoms with Crippen LogP contribution in [0.2, 0.25) is 0 Å². The fraction of sp³-hybridized carbons (Fsp3) is 0.417. The normalized spacial score (nSPS) is 16.1. The zero-order valence-electron chi connectivity index (χ0n) is 18.4. The van der Waals surface area contributed by atoms with Crippen molar-refractivity contribution in [3.63, 3.8) is 0 Å². The highest BCUT2D eigenvalue weighted by Crippen LogP contribution is 2.17. The van der Waals surface area contributed by atoms with Crippen molar-refractivity contribution in [1.82, 2.24) is 9.80 Å². The van der Waals surface area contributed by atoms with Crippen molar-refractivity contribution in [2.24, 2.45) is 5.92 Å². The van der Waals surface area contributed by atoms with E-state index >= 15 is 0 Å². The number of urea groups is 1. The second kappa shape index (κ2) is 10.8. The van der Waals surface area contributed by atoms with Crippen LogP contribution in [0.4, 0.5) is 10.5 Å². The Balaban J connectivity index is 1.66. The minimum Gasteiger partial charge on any atom is -0.497 e. The van der Waals surface area contributed by atoms with Crippen molar-refractivity contribution >= 4 is 17.6 Å². The van der Waals surface area contributed by atoms with Gasteiger partial charge < -0.3 is 24.6 Å². The topological polar surface area (TPSA) is 71.1 Å². The molecule has 166 valence electrons. The summed E-state index contributed by atoms with van der Waals surface area (Å²) in [6.07, 6.45) is -0.247. The molecule has 1 saturated heterocycles. The molecule has 1 N–H and O–H groups in total. The Hall–Kier alpha value is -3.06. The number of methoxy groups -OCH3 is 1. The molecule has 0 aliphatic carbocycles. The van der Waals surface area contributed by atoms with Gasteiger partial charge in [0.05, 0.1) is 26.4 Å². The van der Waals surface area contributed by atoms with E-state index in [0.29, 0.717) is 50.0 Å². The van der Waals surface area contributed by atoms with Crippen LogP contribution < -0.4 is 10.1 Å². The Morgan fingerprint density at radius 3 is 2.68 bits per heavy atom. The van der Waals surface area contributed by atoms with Gasteiger partial charge in [-0.3, -0.25) is 4.79 Å². The summed E-state index contributed by atoms with van der Waals surface area (Å²) in [5.74, 6) is 0.880. The maximum atomic E-state index is 13.2. The first kappa shape index (κ1) is 22.6. The van der Waals surface area contributed by atoms with Gasteiger partial charge >= 0.3 is 6.03 Å². The second-order valence-corrected chi connectivity index (χ2v) is 8.07. The van der Waals surface area contributed by atoms with Crippen LogP contribution in [0.3, 0.4) is 0 Å². The molecule has 1 atom stereocenters. The fourth-order valence-corrected chi connectivity index (χ4v) is 3.60. The molecule has 31 heavy (non-hydrogen) atoms. The van der Waals surface area contributed by atoms with Gasteiger partial charge in [-0.15, -0.1) is 0 Å². The molecule has 1 aliphatic heterocycles. The number of hydrogen-bond donors (Lipinski definition) is 1. The molecule has 1 unspecified atom stereocenters. The standard InChI is InChI=1S/C24H31N3O4/c1-18(2)15-27(23(28)19-8-7-11-21(14-19)30-3)17-22-16-26(12-13-31-22)24(29)25-20-9-5-4-6-10-20/h4-11,14,18,22H,12-13,15-17H2,1-3H3,(H,25,29). The molecule has 0 bridgehead atoms. The Morgan fingerprint density at radius 1 is 1.19 bits per heavy atom. The summed E-state index contributed by atoms with van der Waals surface area (Å²) < 4.78 is 11.2. The number of morpholine rings is 1. The van der Waals surface area contributed by atoms with Crippen molar-refractivity contribution in [1.29, 1.82) is 0 Å². The number of carbonyl (C=O) groups excluding carboxylic acids is 2. The van der Waals surface area contributed by atoms with Gasteiger partial charge in [0.1, 0.15) is 5.75 Å². The predicted octanol–water partition coefficient (Wildman–Crippen LogP) is 3.73. The fourth-order valence-electron chi connectivity index (χ4n) is 3.60. The highest BCUT2D eigenvalue weighted by Gasteiger charge is 2.28. The molecule has 0 radical (unpaired) electrons. The molecular weight excluding hydrogens is 394 g/mol. The summed E-state index contributed by atoms with van der Waals surface area (Å²) in [5, 5.41) is 2.92. The Bertz CT molecular complexity index is 872. The average molecular weight is 426 g/mol. The van der Waals surface area contributed by atoms with Crippen LogP contribution in [0.25, 0.3) is 0 Å². The SMILES string of the molecule is COc1cccc(C(=O)N(CC(C)C)CC2CN(C(=O)Nc3ccccc3)CCO2)c1. The van der Waals surface area contributed by atoms with Crippen LogP contribution in [0.1, 0.15) is 24.2 Å². The molecule has 7 heteroatoms. The maximum absolute atomic E-state index is 13.2. The number of carbonyl (C=O) groups is 2. The van der Waals surface area contributed by atoms with Crippen molar-refractivity contribution in [3.8, 4) is 5.75 Å². The molecule has 7 nitrogen and oxygen atoms in total. The Kier molecular flexibility index (Phi) is 7.89. The molecule has 0 spiro atoms. The number of nitrogens with zero attached hydrogens (tertiary/aromatic N) is 2. The summed E-state index contributed by atoms with van der Waals surface area (Å²) in [5.41, 5.74) is 1.33. The zero-order chi connectivity index (χ0) is 22.2. The van der Waals surface area contributed by atoms with Gasteiger partial charge in [0, 0.05) is 30.9 Å². The van der Waals surface area contributed by atoms with E-state index in [2.05, 4.69) is 19.2 Å². The lowest BCUT2D eigenvalue weighted by Gasteiger charge is -2.36. The summed E-state index contributed by atoms with van der Waals surface area (Å²) >= 11 is 0. The Morgan fingerprint density at radius 2 is 1.97 bits per heavy atom. The molecule has 3 rings (SSSR count). The number of amides is 3. The number of rotatable bonds is 7. The third-order valence-electron chi connectivity index (χ3n) is 5.06. The summed E-state index contributed by atoms with van der Waals surface area (Å²) in [4.78, 5) is 29.4. The first-order valence-electron chi connectivity index (χ1n) is 10.6. The van der Waals surface area contributed by atoms with Crippen LogP contribution in [-0.4, -0.2) is 67.7 Å². The van der Waals surface area contributed by atoms with Crippen molar-refractivity contribution < 1.29 is 19.1 Å². The number of hydrogen-bond acceptors (Lipinski definition) is 4. The first-order valence-corrected chi connectivity index (χ1v) is 10.6. The molecule has 2 aromatic rings. The Labute approximate surface area is 183 Å². The molecule has 3 amide bonds. The minimum absolute atomic E-state index is 0.0675. The molecular formula is C24H31N3O4. The van der Waals surface area contributed by atoms with E-state index < -0.39 is 0 Å². The lowest BCUT2D eigenvalue weighted by Crippen LogP contribution is -2.52. The molecule has 1 fully saturated rings. The van der Waals surface area contributed by atoms with E-state index in [1.807, 2.05) is 47.4 Å². The molecule has 1 heterocycles. The van der Waals surface area contributed by atoms with Gasteiger partial charge in [0.25, 0.3) is 5.91 Å². The van der Waals surface area contributed by atoms with Gasteiger partial charge in [-0.25, -0.2) is 4.79 Å². The number of anilines is 1. The molecule has 0 saturated carbocycles. The summed E-state index contributed by atoms with van der Waals surface area (Å²) in [6.45, 7) is 6.56. The van der Waals surface area contributed by atoms with Gasteiger partial charge in [-0.2, -0.15) is 0 Å². The van der Waals surface area contributed by atoms with Crippen LogP contribution in [0.15, 0.2) is 54.6 Å². The van der Waals surface area contributed by atoms with Crippen LogP contribution in [0, 0.1) is 5.92 Å². The van der Waals surface area contributed by atoms with E-state index in [9.17, 15) is 9.59 Å². The van der Waals surface area contributed by atoms with E-state index in [-0.39, 0.29) is 18.0 Å². The first-order chi connectivity index (χ1) is 15.0. The van der Waals surface area contributed by atoms with E-state index in [0.717, 1.165) is 5.69 Å². The quantitative estimate of drug-likeness (QED) is 0.734. The van der Waals surface area contributed by atoms with E-state index in [4.69, 9.17) is 9.47 Å². The van der Waals surface area contributed by atoms with E-state index in [1.165, 1.54) is 0 Å². The number of ether oxygens (including phenoxy) is 2. The lowest BCUT2D eigenvalue weighted by molar-refractivity contribution is -0.0272. The van der Waals surface area contributed by atoms with Gasteiger partial charge in [-0.05, 0) is 36.2 Å². The predicted molar refractivity (Wildman–Crippen MR) is 121 cm³/mol. The molecule has 0 aromatic heterocycles. The van der Waals surface area contributed by atoms with Gasteiger partial charge in [0.2, 0.25) is 0 Å². The molecule has 1 aliphatic rings. The van der Waals surface area contributed by atoms with Crippen molar-refractivity contribution in [3.05, 3.63) is 60.2 Å². The third kappa shape index (κ3) is 6.46. The number of benzene rings is 2. The van der Waals surface area contributed by atoms with Gasteiger partial charge in [-0.1, -0.05) is 38.1 Å². The summed E-state index contributed by atoms with van der Waals surface area (Å²) in [6, 6.07) is 16.4. The summed E-state index contributed by atoms with van der Waals surface area (Å²) in [7, 11) is 1.58. The number of para-hydroxylation sites is 1. The average Bonchev–Trinajstić information content (AvgIpc) is 2.78. The largest absolute Gasteiger partial charge is 0.497 e. The van der Waals surface area contributed by atoms with Crippen molar-refractivity contribution in [2.75, 3.05) is 45.2 Å². The molecule has 2 aromatic carbocycles. The smallest absolute Gasteiger partial charge is 0.322 e. The maximum Gasteiger partial charge on any atom is 0.322 e. The van der Waals surface area contributed by atoms with E-state index in [1.54, 1.807) is 24.1 Å².